The minimum Gasteiger partial charge on any atom is -0.504 e. The lowest BCUT2D eigenvalue weighted by molar-refractivity contribution is -0.122. The number of imide groups is 1. The molecule has 2 aromatic heterocycles. The lowest BCUT2D eigenvalue weighted by Crippen LogP contribution is -2.59. The van der Waals surface area contributed by atoms with Gasteiger partial charge in [-0.15, -0.1) is 23.2 Å². The van der Waals surface area contributed by atoms with Crippen LogP contribution in [0.25, 0.3) is 11.0 Å². The maximum Gasteiger partial charge on any atom is 0.347 e. The van der Waals surface area contributed by atoms with Crippen molar-refractivity contribution in [1.82, 2.24) is 23.5 Å². The number of aromatic nitrogens is 5. The van der Waals surface area contributed by atoms with Gasteiger partial charge in [-0.1, -0.05) is 12.1 Å². The summed E-state index contributed by atoms with van der Waals surface area (Å²) in [5, 5.41) is 10.8. The number of methoxy groups -OCH3 is 3. The Labute approximate surface area is 342 Å². The van der Waals surface area contributed by atoms with Crippen molar-refractivity contribution in [2.45, 2.75) is 47.6 Å². The summed E-state index contributed by atoms with van der Waals surface area (Å²) in [4.78, 5) is 69.1. The summed E-state index contributed by atoms with van der Waals surface area (Å²) in [7, 11) is 5.57. The van der Waals surface area contributed by atoms with E-state index in [1.165, 1.54) is 51.2 Å². The number of aromatic hydroxyl groups is 1. The molecule has 60 heavy (non-hydrogen) atoms. The van der Waals surface area contributed by atoms with Crippen molar-refractivity contribution in [3.8, 4) is 23.0 Å². The van der Waals surface area contributed by atoms with Crippen molar-refractivity contribution in [3.05, 3.63) is 114 Å². The minimum absolute atomic E-state index is 0.0246. The minimum atomic E-state index is -2.82. The predicted molar refractivity (Wildman–Crippen MR) is 202 cm³/mol. The van der Waals surface area contributed by atoms with E-state index in [9.17, 15) is 42.3 Å². The summed E-state index contributed by atoms with van der Waals surface area (Å²) >= 11 is 14.2. The number of hydrogen-bond acceptors (Lipinski definition) is 10. The predicted octanol–water partition coefficient (Wildman–Crippen LogP) is 3.93. The highest BCUT2D eigenvalue weighted by Crippen LogP contribution is 2.64. The molecule has 0 spiro atoms. The van der Waals surface area contributed by atoms with Crippen molar-refractivity contribution >= 4 is 51.7 Å². The number of halogens is 7. The summed E-state index contributed by atoms with van der Waals surface area (Å²) in [6.45, 7) is -0.741. The Morgan fingerprint density at radius 3 is 2.07 bits per heavy atom. The Morgan fingerprint density at radius 1 is 0.833 bits per heavy atom. The Hall–Kier alpha value is -6.15. The normalized spacial score (nSPS) is 22.1. The van der Waals surface area contributed by atoms with Crippen LogP contribution < -0.4 is 36.0 Å². The SMILES string of the molecule is COc1ccc([C@H]2C3=CCn4c(=O)n(CCc5nc6cc(OC)c(OC)cc6n(C)c5=O)c(=O)n4[C@@H]3C[C@@]3(Cl)C(=O)N(c4c(F)c(F)c(F)c(F)c4F)C(=O)[C@@]23Cl)cc1O. The molecule has 1 N–H and O–H groups in total. The Morgan fingerprint density at radius 2 is 1.45 bits per heavy atom. The Balaban J connectivity index is 1.26. The maximum absolute atomic E-state index is 15.3. The Bertz CT molecular complexity index is 2940. The lowest BCUT2D eigenvalue weighted by Gasteiger charge is -2.49. The van der Waals surface area contributed by atoms with Gasteiger partial charge < -0.3 is 23.9 Å². The fourth-order valence-corrected chi connectivity index (χ4v) is 9.33. The van der Waals surface area contributed by atoms with Gasteiger partial charge in [-0.05, 0) is 23.3 Å². The second-order valence-corrected chi connectivity index (χ2v) is 15.4. The molecule has 0 radical (unpaired) electrons. The van der Waals surface area contributed by atoms with Crippen LogP contribution in [-0.4, -0.2) is 71.5 Å². The van der Waals surface area contributed by atoms with Crippen LogP contribution in [0.4, 0.5) is 27.6 Å². The molecule has 3 aromatic carbocycles. The number of aryl methyl sites for hydroxylation is 2. The molecule has 1 aliphatic carbocycles. The first kappa shape index (κ1) is 40.6. The quantitative estimate of drug-likeness (QED) is 0.0603. The van der Waals surface area contributed by atoms with Gasteiger partial charge in [-0.25, -0.2) is 55.4 Å². The number of fused-ring (bicyclic) bond motifs is 5. The summed E-state index contributed by atoms with van der Waals surface area (Å²) in [6.07, 6.45) is 0.340. The number of nitrogens with zero attached hydrogens (tertiary/aromatic N) is 6. The number of phenols is 1. The van der Waals surface area contributed by atoms with Crippen LogP contribution in [0.5, 0.6) is 23.0 Å². The molecular weight excluding hydrogens is 850 g/mol. The average molecular weight is 880 g/mol. The van der Waals surface area contributed by atoms with Crippen molar-refractivity contribution < 1.29 is 50.9 Å². The van der Waals surface area contributed by atoms with E-state index in [-0.39, 0.29) is 47.0 Å². The van der Waals surface area contributed by atoms with E-state index >= 15 is 8.78 Å². The largest absolute Gasteiger partial charge is 0.504 e. The van der Waals surface area contributed by atoms with Crippen LogP contribution >= 0.6 is 23.2 Å². The van der Waals surface area contributed by atoms with Crippen molar-refractivity contribution in [2.24, 2.45) is 7.05 Å². The highest BCUT2D eigenvalue weighted by Gasteiger charge is 2.76. The summed E-state index contributed by atoms with van der Waals surface area (Å²) in [5.74, 6) is -17.5. The van der Waals surface area contributed by atoms with Crippen LogP contribution in [-0.2, 0) is 36.1 Å². The lowest BCUT2D eigenvalue weighted by atomic mass is 9.64. The van der Waals surface area contributed by atoms with Crippen molar-refractivity contribution in [1.29, 1.82) is 0 Å². The molecule has 2 fully saturated rings. The van der Waals surface area contributed by atoms with Crippen LogP contribution in [0.2, 0.25) is 0 Å². The number of alkyl halides is 2. The highest BCUT2D eigenvalue weighted by atomic mass is 35.5. The van der Waals surface area contributed by atoms with Gasteiger partial charge in [0.05, 0.1) is 44.9 Å². The summed E-state index contributed by atoms with van der Waals surface area (Å²) in [5.41, 5.74) is -3.60. The van der Waals surface area contributed by atoms with Gasteiger partial charge in [0.1, 0.15) is 11.4 Å². The van der Waals surface area contributed by atoms with Gasteiger partial charge in [0.2, 0.25) is 5.82 Å². The molecule has 1 saturated carbocycles. The third kappa shape index (κ3) is 5.31. The monoisotopic (exact) mass is 878 g/mol. The molecule has 2 aliphatic heterocycles. The molecule has 4 heterocycles. The molecule has 15 nitrogen and oxygen atoms in total. The molecule has 3 aliphatic rings. The molecule has 5 aromatic rings. The zero-order valence-corrected chi connectivity index (χ0v) is 33.0. The number of anilines is 1. The molecule has 8 rings (SSSR count). The number of ether oxygens (including phenoxy) is 3. The van der Waals surface area contributed by atoms with Crippen LogP contribution in [0, 0.1) is 29.1 Å². The van der Waals surface area contributed by atoms with Gasteiger partial charge in [0, 0.05) is 44.5 Å². The molecular formula is C38H29Cl2F5N6O9. The highest BCUT2D eigenvalue weighted by molar-refractivity contribution is 6.58. The zero-order valence-electron chi connectivity index (χ0n) is 31.5. The molecule has 0 bridgehead atoms. The van der Waals surface area contributed by atoms with E-state index in [0.29, 0.717) is 22.5 Å². The molecule has 0 unspecified atom stereocenters. The number of carbonyl (C=O) groups is 2. The van der Waals surface area contributed by atoms with Crippen molar-refractivity contribution in [2.75, 3.05) is 26.2 Å². The molecule has 4 atom stereocenters. The number of allylic oxidation sites excluding steroid dienone is 2. The van der Waals surface area contributed by atoms with Gasteiger partial charge in [-0.2, -0.15) is 0 Å². The van der Waals surface area contributed by atoms with Crippen molar-refractivity contribution in [3.63, 3.8) is 0 Å². The third-order valence-electron chi connectivity index (χ3n) is 11.3. The average Bonchev–Trinajstić information content (AvgIpc) is 3.56. The second-order valence-electron chi connectivity index (χ2n) is 14.2. The van der Waals surface area contributed by atoms with Crippen LogP contribution in [0.3, 0.4) is 0 Å². The Kier molecular flexibility index (Phi) is 9.46. The van der Waals surface area contributed by atoms with E-state index in [1.807, 2.05) is 0 Å². The molecule has 314 valence electrons. The molecule has 1 saturated heterocycles. The van der Waals surface area contributed by atoms with Gasteiger partial charge in [0.25, 0.3) is 17.4 Å². The zero-order chi connectivity index (χ0) is 43.5. The molecule has 2 amide bonds. The number of carbonyl (C=O) groups excluding carboxylic acids is 2. The fourth-order valence-electron chi connectivity index (χ4n) is 8.42. The topological polar surface area (TPSA) is 169 Å². The first-order chi connectivity index (χ1) is 28.4. The summed E-state index contributed by atoms with van der Waals surface area (Å²) in [6, 6.07) is 5.33. The number of rotatable bonds is 8. The number of hydrogen-bond donors (Lipinski definition) is 1. The van der Waals surface area contributed by atoms with Gasteiger partial charge in [-0.3, -0.25) is 14.4 Å². The first-order valence-corrected chi connectivity index (χ1v) is 18.5. The van der Waals surface area contributed by atoms with E-state index in [0.717, 1.165) is 20.0 Å². The van der Waals surface area contributed by atoms with E-state index in [2.05, 4.69) is 4.98 Å². The third-order valence-corrected chi connectivity index (χ3v) is 12.7. The first-order valence-electron chi connectivity index (χ1n) is 17.8. The summed E-state index contributed by atoms with van der Waals surface area (Å²) < 4.78 is 93.7. The molecule has 22 heteroatoms. The fraction of sp³-hybridized carbons (Fsp3) is 0.316. The maximum atomic E-state index is 15.3. The second kappa shape index (κ2) is 14.0. The van der Waals surface area contributed by atoms with E-state index < -0.39 is 97.4 Å². The van der Waals surface area contributed by atoms with Gasteiger partial charge >= 0.3 is 11.4 Å². The smallest absolute Gasteiger partial charge is 0.347 e. The van der Waals surface area contributed by atoms with Crippen LogP contribution in [0.15, 0.2) is 56.4 Å². The van der Waals surface area contributed by atoms with E-state index in [4.69, 9.17) is 37.4 Å². The van der Waals surface area contributed by atoms with Crippen LogP contribution in [0.1, 0.15) is 29.6 Å². The van der Waals surface area contributed by atoms with E-state index in [1.54, 1.807) is 12.1 Å². The standard InChI is InChI=1S/C38H29Cl2F5N6O9/c1-47-19-13-24(60-4)23(59-3)12-18(19)46-17(32(47)53)8-9-48-35(56)49-10-7-16-20(51(49)36(48)57)14-37(39)33(54)50(31-29(44)27(42)26(41)28(43)30(31)45)34(55)38(37,40)25(16)15-5-6-22(58-2)21(52)11-15/h5-7,11-13,20,25,52H,8-10,14H2,1-4H3/t20-,25+,37-,38+/m1/s1. The number of amides is 2. The van der Waals surface area contributed by atoms with Gasteiger partial charge in [0.15, 0.2) is 56.0 Å². The number of phenolic OH excluding ortho intramolecular Hbond substituents is 1. The number of benzene rings is 3.